The van der Waals surface area contributed by atoms with E-state index in [2.05, 4.69) is 20.6 Å². The number of aliphatic hydroxyl groups excluding tert-OH is 1. The fourth-order valence-corrected chi connectivity index (χ4v) is 3.73. The third kappa shape index (κ3) is 5.76. The SMILES string of the molecule is Cc1c(O)c(=CNCC(O)CN(C)C)c2nc3c(=O)ccc(C(=O)NCCN(C)C)c3[nH]c2c1=O. The smallest absolute Gasteiger partial charge is 0.253 e. The molecule has 0 aliphatic carbocycles. The molecule has 0 radical (unpaired) electrons. The average molecular weight is 485 g/mol. The van der Waals surface area contributed by atoms with Gasteiger partial charge in [-0.25, -0.2) is 4.98 Å². The number of aromatic hydroxyl groups is 1. The number of likely N-dealkylation sites (N-methyl/N-ethyl adjacent to an activating group) is 2. The molecule has 0 bridgehead atoms. The first-order valence-corrected chi connectivity index (χ1v) is 11.2. The molecule has 0 aliphatic heterocycles. The maximum Gasteiger partial charge on any atom is 0.253 e. The maximum absolute atomic E-state index is 13.0. The van der Waals surface area contributed by atoms with Gasteiger partial charge in [0.2, 0.25) is 10.9 Å². The molecule has 1 atom stereocenters. The van der Waals surface area contributed by atoms with E-state index in [1.165, 1.54) is 25.3 Å². The minimum Gasteiger partial charge on any atom is -0.507 e. The van der Waals surface area contributed by atoms with Gasteiger partial charge in [-0.2, -0.15) is 0 Å². The molecule has 2 aromatic carbocycles. The highest BCUT2D eigenvalue weighted by molar-refractivity contribution is 6.06. The monoisotopic (exact) mass is 484 g/mol. The number of carbonyl (C=O) groups excluding carboxylic acids is 1. The van der Waals surface area contributed by atoms with Gasteiger partial charge in [-0.15, -0.1) is 0 Å². The molecule has 0 spiro atoms. The molecule has 11 heteroatoms. The van der Waals surface area contributed by atoms with Gasteiger partial charge >= 0.3 is 0 Å². The second-order valence-electron chi connectivity index (χ2n) is 9.04. The zero-order valence-corrected chi connectivity index (χ0v) is 20.6. The van der Waals surface area contributed by atoms with Crippen LogP contribution in [0, 0.1) is 6.92 Å². The summed E-state index contributed by atoms with van der Waals surface area (Å²) >= 11 is 0. The van der Waals surface area contributed by atoms with Crippen molar-refractivity contribution in [2.24, 2.45) is 0 Å². The molecular formula is C24H32N6O5. The first kappa shape index (κ1) is 26.1. The molecule has 0 aliphatic rings. The van der Waals surface area contributed by atoms with Gasteiger partial charge in [0.15, 0.2) is 0 Å². The lowest BCUT2D eigenvalue weighted by Gasteiger charge is -2.15. The standard InChI is InChI=1S/C24H32N6O5/c1-13-22(33)16(11-25-10-14(31)12-30(4)5)19-21(23(13)34)28-18-15(6-7-17(32)20(18)27-19)24(35)26-8-9-29(2)3/h6-7,11,14,25,28,31,33H,8-10,12H2,1-5H3,(H,26,35). The molecule has 11 nitrogen and oxygen atoms in total. The van der Waals surface area contributed by atoms with Crippen LogP contribution in [0.1, 0.15) is 15.9 Å². The van der Waals surface area contributed by atoms with Crippen LogP contribution in [0.25, 0.3) is 28.3 Å². The third-order valence-corrected chi connectivity index (χ3v) is 5.55. The fourth-order valence-electron chi connectivity index (χ4n) is 3.73. The van der Waals surface area contributed by atoms with Gasteiger partial charge in [-0.3, -0.25) is 14.4 Å². The molecule has 1 amide bonds. The Hall–Kier alpha value is -3.54. The summed E-state index contributed by atoms with van der Waals surface area (Å²) in [6.45, 7) is 3.14. The number of nitrogens with one attached hydrogen (secondary N) is 3. The normalized spacial score (nSPS) is 13.2. The summed E-state index contributed by atoms with van der Waals surface area (Å²) in [7, 11) is 7.45. The van der Waals surface area contributed by atoms with E-state index in [4.69, 9.17) is 0 Å². The van der Waals surface area contributed by atoms with E-state index in [-0.39, 0.29) is 50.7 Å². The molecule has 0 saturated heterocycles. The van der Waals surface area contributed by atoms with Crippen molar-refractivity contribution in [2.75, 3.05) is 54.4 Å². The number of hydrogen-bond donors (Lipinski definition) is 5. The number of carbonyl (C=O) groups is 1. The molecule has 1 aromatic heterocycles. The lowest BCUT2D eigenvalue weighted by atomic mass is 10.1. The number of rotatable bonds is 9. The molecule has 0 saturated carbocycles. The zero-order chi connectivity index (χ0) is 25.9. The van der Waals surface area contributed by atoms with E-state index in [1.54, 1.807) is 0 Å². The number of benzene rings is 2. The number of aliphatic hydroxyl groups is 1. The molecule has 3 rings (SSSR count). The maximum atomic E-state index is 13.0. The van der Waals surface area contributed by atoms with Crippen LogP contribution in [0.3, 0.4) is 0 Å². The largest absolute Gasteiger partial charge is 0.507 e. The molecule has 35 heavy (non-hydrogen) atoms. The van der Waals surface area contributed by atoms with Crippen LogP contribution in [-0.2, 0) is 0 Å². The minimum absolute atomic E-state index is 0.0253. The van der Waals surface area contributed by atoms with Crippen LogP contribution < -0.4 is 26.7 Å². The number of phenols is 1. The van der Waals surface area contributed by atoms with Gasteiger partial charge in [0.05, 0.1) is 22.4 Å². The lowest BCUT2D eigenvalue weighted by molar-refractivity contribution is 0.0952. The number of H-pyrrole nitrogens is 1. The minimum atomic E-state index is -0.670. The summed E-state index contributed by atoms with van der Waals surface area (Å²) in [6, 6.07) is 2.65. The number of amides is 1. The lowest BCUT2D eigenvalue weighted by Crippen LogP contribution is -2.34. The van der Waals surface area contributed by atoms with E-state index >= 15 is 0 Å². The molecule has 1 unspecified atom stereocenters. The van der Waals surface area contributed by atoms with Crippen molar-refractivity contribution in [1.82, 2.24) is 30.4 Å². The van der Waals surface area contributed by atoms with Crippen LogP contribution in [0.4, 0.5) is 0 Å². The van der Waals surface area contributed by atoms with Crippen molar-refractivity contribution in [3.63, 3.8) is 0 Å². The number of fused-ring (bicyclic) bond motifs is 2. The highest BCUT2D eigenvalue weighted by atomic mass is 16.3. The van der Waals surface area contributed by atoms with Gasteiger partial charge in [0.1, 0.15) is 22.3 Å². The van der Waals surface area contributed by atoms with Crippen LogP contribution in [-0.4, -0.2) is 96.4 Å². The van der Waals surface area contributed by atoms with Crippen molar-refractivity contribution in [1.29, 1.82) is 0 Å². The fraction of sp³-hybridized carbons (Fsp3) is 0.417. The highest BCUT2D eigenvalue weighted by Gasteiger charge is 2.18. The van der Waals surface area contributed by atoms with Crippen LogP contribution in [0.5, 0.6) is 5.75 Å². The Bertz CT molecular complexity index is 1420. The molecular weight excluding hydrogens is 452 g/mol. The van der Waals surface area contributed by atoms with Gasteiger partial charge < -0.3 is 35.6 Å². The molecule has 0 fully saturated rings. The Kier molecular flexibility index (Phi) is 8.05. The van der Waals surface area contributed by atoms with Crippen LogP contribution in [0.15, 0.2) is 21.7 Å². The summed E-state index contributed by atoms with van der Waals surface area (Å²) in [5.41, 5.74) is -0.383. The summed E-state index contributed by atoms with van der Waals surface area (Å²) in [5.74, 6) is -0.678. The van der Waals surface area contributed by atoms with E-state index < -0.39 is 22.9 Å². The van der Waals surface area contributed by atoms with Crippen molar-refractivity contribution in [3.05, 3.63) is 48.9 Å². The highest BCUT2D eigenvalue weighted by Crippen LogP contribution is 2.17. The Morgan fingerprint density at radius 3 is 2.51 bits per heavy atom. The predicted molar refractivity (Wildman–Crippen MR) is 136 cm³/mol. The van der Waals surface area contributed by atoms with Crippen molar-refractivity contribution < 1.29 is 15.0 Å². The van der Waals surface area contributed by atoms with Crippen LogP contribution >= 0.6 is 0 Å². The quantitative estimate of drug-likeness (QED) is 0.234. The number of phenolic OH excluding ortho intramolecular Hbond substituents is 1. The number of aromatic nitrogens is 2. The Morgan fingerprint density at radius 1 is 1.14 bits per heavy atom. The molecule has 1 heterocycles. The number of nitrogens with zero attached hydrogens (tertiary/aromatic N) is 3. The van der Waals surface area contributed by atoms with Crippen molar-refractivity contribution in [2.45, 2.75) is 13.0 Å². The van der Waals surface area contributed by atoms with Gasteiger partial charge in [0.25, 0.3) is 5.91 Å². The summed E-state index contributed by atoms with van der Waals surface area (Å²) < 4.78 is 0. The third-order valence-electron chi connectivity index (χ3n) is 5.55. The van der Waals surface area contributed by atoms with Gasteiger partial charge in [-0.05, 0) is 47.2 Å². The van der Waals surface area contributed by atoms with Gasteiger partial charge in [0, 0.05) is 37.9 Å². The van der Waals surface area contributed by atoms with Crippen molar-refractivity contribution >= 4 is 34.2 Å². The summed E-state index contributed by atoms with van der Waals surface area (Å²) in [5, 5.41) is 26.7. The van der Waals surface area contributed by atoms with E-state index in [0.29, 0.717) is 19.6 Å². The Balaban J connectivity index is 2.15. The molecule has 5 N–H and O–H groups in total. The topological polar surface area (TPSA) is 151 Å². The van der Waals surface area contributed by atoms with Gasteiger partial charge in [-0.1, -0.05) is 0 Å². The van der Waals surface area contributed by atoms with Crippen molar-refractivity contribution in [3.8, 4) is 5.75 Å². The zero-order valence-electron chi connectivity index (χ0n) is 20.6. The first-order chi connectivity index (χ1) is 16.5. The van der Waals surface area contributed by atoms with E-state index in [0.717, 1.165) is 0 Å². The second kappa shape index (κ2) is 10.8. The summed E-state index contributed by atoms with van der Waals surface area (Å²) in [6.07, 6.45) is 0.787. The molecule has 188 valence electrons. The number of aromatic amines is 1. The van der Waals surface area contributed by atoms with E-state index in [1.807, 2.05) is 38.0 Å². The molecule has 3 aromatic rings. The first-order valence-electron chi connectivity index (χ1n) is 11.2. The number of hydrogen-bond acceptors (Lipinski definition) is 9. The van der Waals surface area contributed by atoms with E-state index in [9.17, 15) is 24.6 Å². The Morgan fingerprint density at radius 2 is 1.86 bits per heavy atom. The predicted octanol–water partition coefficient (Wildman–Crippen LogP) is -1.29. The second-order valence-corrected chi connectivity index (χ2v) is 9.04. The average Bonchev–Trinajstić information content (AvgIpc) is 2.78. The summed E-state index contributed by atoms with van der Waals surface area (Å²) in [4.78, 5) is 49.5. The Labute approximate surface area is 202 Å². The van der Waals surface area contributed by atoms with Crippen LogP contribution in [0.2, 0.25) is 0 Å².